The van der Waals surface area contributed by atoms with Gasteiger partial charge in [-0.25, -0.2) is 0 Å². The number of hydrogen-bond donors (Lipinski definition) is 2. The quantitative estimate of drug-likeness (QED) is 0.667. The summed E-state index contributed by atoms with van der Waals surface area (Å²) in [5.74, 6) is 0. The van der Waals surface area contributed by atoms with Crippen molar-refractivity contribution in [3.63, 3.8) is 0 Å². The molecular weight excluding hydrogens is 164 g/mol. The van der Waals surface area contributed by atoms with E-state index in [4.69, 9.17) is 5.73 Å². The molecule has 0 aliphatic carbocycles. The van der Waals surface area contributed by atoms with Gasteiger partial charge >= 0.3 is 0 Å². The molecule has 0 aromatic heterocycles. The van der Waals surface area contributed by atoms with Crippen LogP contribution < -0.4 is 11.1 Å². The number of rotatable bonds is 4. The number of amides is 1. The summed E-state index contributed by atoms with van der Waals surface area (Å²) in [6.07, 6.45) is 0.701. The molecule has 0 aliphatic rings. The maximum Gasteiger partial charge on any atom is 0.207 e. The molecule has 1 aromatic carbocycles. The fraction of sp³-hybridized carbons (Fsp3) is 0.300. The second-order valence-electron chi connectivity index (χ2n) is 2.96. The van der Waals surface area contributed by atoms with Gasteiger partial charge in [-0.2, -0.15) is 0 Å². The molecule has 70 valence electrons. The van der Waals surface area contributed by atoms with Crippen LogP contribution in [-0.4, -0.2) is 6.41 Å². The summed E-state index contributed by atoms with van der Waals surface area (Å²) < 4.78 is 0. The molecule has 0 unspecified atom stereocenters. The van der Waals surface area contributed by atoms with Crippen LogP contribution in [0.1, 0.15) is 16.7 Å². The minimum Gasteiger partial charge on any atom is -0.355 e. The number of benzene rings is 1. The van der Waals surface area contributed by atoms with Crippen LogP contribution in [-0.2, 0) is 17.9 Å². The summed E-state index contributed by atoms with van der Waals surface area (Å²) in [6, 6.07) is 6.02. The highest BCUT2D eigenvalue weighted by Gasteiger charge is 1.97. The maximum absolute atomic E-state index is 10.1. The summed E-state index contributed by atoms with van der Waals surface area (Å²) in [4.78, 5) is 10.1. The molecule has 0 fully saturated rings. The van der Waals surface area contributed by atoms with Gasteiger partial charge in [-0.05, 0) is 23.6 Å². The van der Waals surface area contributed by atoms with Crippen LogP contribution >= 0.6 is 0 Å². The Kier molecular flexibility index (Phi) is 3.46. The Morgan fingerprint density at radius 3 is 2.85 bits per heavy atom. The van der Waals surface area contributed by atoms with Crippen molar-refractivity contribution in [2.24, 2.45) is 5.73 Å². The molecule has 0 saturated carbocycles. The Bertz CT molecular complexity index is 297. The van der Waals surface area contributed by atoms with Crippen molar-refractivity contribution in [3.05, 3.63) is 34.9 Å². The van der Waals surface area contributed by atoms with Crippen molar-refractivity contribution in [1.82, 2.24) is 5.32 Å². The molecule has 0 heterocycles. The predicted molar refractivity (Wildman–Crippen MR) is 52.0 cm³/mol. The van der Waals surface area contributed by atoms with Crippen molar-refractivity contribution in [2.75, 3.05) is 0 Å². The summed E-state index contributed by atoms with van der Waals surface area (Å²) >= 11 is 0. The smallest absolute Gasteiger partial charge is 0.207 e. The van der Waals surface area contributed by atoms with Gasteiger partial charge in [0.1, 0.15) is 0 Å². The lowest BCUT2D eigenvalue weighted by atomic mass is 10.1. The molecule has 0 atom stereocenters. The first kappa shape index (κ1) is 9.74. The molecule has 0 saturated heterocycles. The third-order valence-electron chi connectivity index (χ3n) is 2.02. The van der Waals surface area contributed by atoms with Crippen LogP contribution in [0.15, 0.2) is 18.2 Å². The molecule has 0 radical (unpaired) electrons. The molecule has 3 N–H and O–H groups in total. The summed E-state index contributed by atoms with van der Waals surface area (Å²) in [5.41, 5.74) is 8.95. The van der Waals surface area contributed by atoms with Gasteiger partial charge in [0, 0.05) is 13.1 Å². The normalized spacial score (nSPS) is 9.69. The lowest BCUT2D eigenvalue weighted by molar-refractivity contribution is -0.109. The molecule has 13 heavy (non-hydrogen) atoms. The Labute approximate surface area is 77.9 Å². The van der Waals surface area contributed by atoms with Gasteiger partial charge in [-0.15, -0.1) is 0 Å². The van der Waals surface area contributed by atoms with Crippen molar-refractivity contribution >= 4 is 6.41 Å². The van der Waals surface area contributed by atoms with E-state index in [0.717, 1.165) is 11.1 Å². The van der Waals surface area contributed by atoms with E-state index in [1.54, 1.807) is 0 Å². The molecule has 1 amide bonds. The van der Waals surface area contributed by atoms with Gasteiger partial charge in [-0.3, -0.25) is 4.79 Å². The van der Waals surface area contributed by atoms with Gasteiger partial charge in [-0.1, -0.05) is 18.2 Å². The van der Waals surface area contributed by atoms with E-state index < -0.39 is 0 Å². The van der Waals surface area contributed by atoms with E-state index >= 15 is 0 Å². The first-order valence-electron chi connectivity index (χ1n) is 4.23. The first-order chi connectivity index (χ1) is 6.27. The Morgan fingerprint density at radius 1 is 1.54 bits per heavy atom. The first-order valence-corrected chi connectivity index (χ1v) is 4.23. The van der Waals surface area contributed by atoms with Crippen LogP contribution in [0, 0.1) is 6.92 Å². The Hall–Kier alpha value is -1.35. The zero-order chi connectivity index (χ0) is 9.68. The van der Waals surface area contributed by atoms with Crippen molar-refractivity contribution < 1.29 is 4.79 Å². The van der Waals surface area contributed by atoms with Gasteiger partial charge in [0.25, 0.3) is 0 Å². The number of hydrogen-bond acceptors (Lipinski definition) is 2. The molecular formula is C10H14N2O. The second kappa shape index (κ2) is 4.62. The zero-order valence-corrected chi connectivity index (χ0v) is 7.71. The van der Waals surface area contributed by atoms with Crippen LogP contribution in [0.2, 0.25) is 0 Å². The second-order valence-corrected chi connectivity index (χ2v) is 2.96. The van der Waals surface area contributed by atoms with E-state index in [2.05, 4.69) is 5.32 Å². The Balaban J connectivity index is 2.76. The lowest BCUT2D eigenvalue weighted by Gasteiger charge is -2.05. The van der Waals surface area contributed by atoms with Crippen molar-refractivity contribution in [2.45, 2.75) is 20.0 Å². The summed E-state index contributed by atoms with van der Waals surface area (Å²) in [7, 11) is 0. The predicted octanol–water partition coefficient (Wildman–Crippen LogP) is 0.700. The van der Waals surface area contributed by atoms with Crippen LogP contribution in [0.3, 0.4) is 0 Å². The van der Waals surface area contributed by atoms with Crippen LogP contribution in [0.4, 0.5) is 0 Å². The number of carbonyl (C=O) groups is 1. The standard InChI is InChI=1S/C10H14N2O/c1-8-4-9(6-12-7-13)2-3-10(8)5-11/h2-4,7H,5-6,11H2,1H3,(H,12,13). The van der Waals surface area contributed by atoms with E-state index in [1.807, 2.05) is 25.1 Å². The fourth-order valence-electron chi connectivity index (χ4n) is 1.26. The maximum atomic E-state index is 10.1. The number of nitrogens with two attached hydrogens (primary N) is 1. The highest BCUT2D eigenvalue weighted by molar-refractivity contribution is 5.46. The average Bonchev–Trinajstić information content (AvgIpc) is 2.15. The van der Waals surface area contributed by atoms with Crippen LogP contribution in [0.25, 0.3) is 0 Å². The van der Waals surface area contributed by atoms with Gasteiger partial charge in [0.2, 0.25) is 6.41 Å². The van der Waals surface area contributed by atoms with E-state index in [1.165, 1.54) is 5.56 Å². The average molecular weight is 178 g/mol. The highest BCUT2D eigenvalue weighted by Crippen LogP contribution is 2.09. The molecule has 0 aliphatic heterocycles. The van der Waals surface area contributed by atoms with E-state index in [0.29, 0.717) is 19.5 Å². The third-order valence-corrected chi connectivity index (χ3v) is 2.02. The number of aryl methyl sites for hydroxylation is 1. The SMILES string of the molecule is Cc1cc(CNC=O)ccc1CN. The topological polar surface area (TPSA) is 55.1 Å². The molecule has 3 nitrogen and oxygen atoms in total. The summed E-state index contributed by atoms with van der Waals surface area (Å²) in [5, 5.41) is 2.62. The lowest BCUT2D eigenvalue weighted by Crippen LogP contribution is -2.10. The molecule has 1 aromatic rings. The van der Waals surface area contributed by atoms with Crippen LogP contribution in [0.5, 0.6) is 0 Å². The minimum atomic E-state index is 0.563. The zero-order valence-electron chi connectivity index (χ0n) is 7.71. The minimum absolute atomic E-state index is 0.563. The molecule has 0 bridgehead atoms. The highest BCUT2D eigenvalue weighted by atomic mass is 16.1. The number of nitrogens with one attached hydrogen (secondary N) is 1. The van der Waals surface area contributed by atoms with Crippen molar-refractivity contribution in [1.29, 1.82) is 0 Å². The fourth-order valence-corrected chi connectivity index (χ4v) is 1.26. The Morgan fingerprint density at radius 2 is 2.31 bits per heavy atom. The third kappa shape index (κ3) is 2.56. The number of carbonyl (C=O) groups excluding carboxylic acids is 1. The van der Waals surface area contributed by atoms with Crippen molar-refractivity contribution in [3.8, 4) is 0 Å². The molecule has 3 heteroatoms. The summed E-state index contributed by atoms with van der Waals surface area (Å²) in [6.45, 7) is 3.16. The van der Waals surface area contributed by atoms with E-state index in [9.17, 15) is 4.79 Å². The van der Waals surface area contributed by atoms with Gasteiger partial charge < -0.3 is 11.1 Å². The van der Waals surface area contributed by atoms with Gasteiger partial charge in [0.15, 0.2) is 0 Å². The van der Waals surface area contributed by atoms with E-state index in [-0.39, 0.29) is 0 Å². The largest absolute Gasteiger partial charge is 0.355 e. The molecule has 1 rings (SSSR count). The molecule has 0 spiro atoms. The monoisotopic (exact) mass is 178 g/mol. The van der Waals surface area contributed by atoms with Gasteiger partial charge in [0.05, 0.1) is 0 Å².